The number of benzene rings is 1. The topological polar surface area (TPSA) is 35.5 Å². The number of carbonyl (C=O) groups is 1. The average molecular weight is 226 g/mol. The zero-order valence-corrected chi connectivity index (χ0v) is 9.62. The van der Waals surface area contributed by atoms with Crippen LogP contribution in [0.1, 0.15) is 24.2 Å². The minimum Gasteiger partial charge on any atom is -0.494 e. The fourth-order valence-electron chi connectivity index (χ4n) is 1.20. The van der Waals surface area contributed by atoms with Gasteiger partial charge in [-0.1, -0.05) is 6.07 Å². The van der Waals surface area contributed by atoms with Gasteiger partial charge in [-0.05, 0) is 26.0 Å². The Morgan fingerprint density at radius 2 is 2.12 bits per heavy atom. The van der Waals surface area contributed by atoms with Gasteiger partial charge in [-0.3, -0.25) is 4.79 Å². The van der Waals surface area contributed by atoms with Gasteiger partial charge in [0.15, 0.2) is 17.3 Å². The number of halogens is 1. The van der Waals surface area contributed by atoms with Crippen LogP contribution in [0.5, 0.6) is 5.75 Å². The quantitative estimate of drug-likeness (QED) is 0.723. The molecule has 0 heterocycles. The Morgan fingerprint density at radius 3 is 2.69 bits per heavy atom. The third-order valence-electron chi connectivity index (χ3n) is 2.03. The van der Waals surface area contributed by atoms with Gasteiger partial charge in [0.25, 0.3) is 0 Å². The van der Waals surface area contributed by atoms with E-state index in [1.54, 1.807) is 6.07 Å². The molecule has 88 valence electrons. The van der Waals surface area contributed by atoms with Crippen LogP contribution in [0.4, 0.5) is 4.39 Å². The normalized spacial score (nSPS) is 10.6. The molecule has 0 N–H and O–H groups in total. The highest BCUT2D eigenvalue weighted by Crippen LogP contribution is 2.20. The maximum Gasteiger partial charge on any atom is 0.191 e. The summed E-state index contributed by atoms with van der Waals surface area (Å²) in [5.74, 6) is -0.956. The maximum absolute atomic E-state index is 13.6. The number of hydrogen-bond acceptors (Lipinski definition) is 3. The van der Waals surface area contributed by atoms with Crippen LogP contribution < -0.4 is 4.74 Å². The van der Waals surface area contributed by atoms with E-state index in [0.717, 1.165) is 0 Å². The summed E-state index contributed by atoms with van der Waals surface area (Å²) in [6.07, 6.45) is -0.0578. The van der Waals surface area contributed by atoms with E-state index in [-0.39, 0.29) is 29.8 Å². The summed E-state index contributed by atoms with van der Waals surface area (Å²) in [4.78, 5) is 11.6. The van der Waals surface area contributed by atoms with Crippen molar-refractivity contribution in [1.29, 1.82) is 0 Å². The van der Waals surface area contributed by atoms with Crippen LogP contribution in [0.15, 0.2) is 18.2 Å². The Bertz CT molecular complexity index is 375. The molecular formula is C12H15FO3. The third-order valence-corrected chi connectivity index (χ3v) is 2.03. The summed E-state index contributed by atoms with van der Waals surface area (Å²) in [6, 6.07) is 4.46. The minimum atomic E-state index is -0.637. The molecule has 1 rings (SSSR count). The lowest BCUT2D eigenvalue weighted by molar-refractivity contribution is 0.0581. The van der Waals surface area contributed by atoms with Gasteiger partial charge in [0.2, 0.25) is 0 Å². The molecule has 0 unspecified atom stereocenters. The first-order valence-electron chi connectivity index (χ1n) is 5.03. The van der Waals surface area contributed by atoms with Gasteiger partial charge in [0, 0.05) is 0 Å². The lowest BCUT2D eigenvalue weighted by atomic mass is 10.1. The highest BCUT2D eigenvalue weighted by atomic mass is 19.1. The van der Waals surface area contributed by atoms with E-state index < -0.39 is 5.82 Å². The lowest BCUT2D eigenvalue weighted by Gasteiger charge is -2.08. The van der Waals surface area contributed by atoms with Crippen LogP contribution in [0.3, 0.4) is 0 Å². The van der Waals surface area contributed by atoms with Gasteiger partial charge in [0.1, 0.15) is 6.61 Å². The largest absolute Gasteiger partial charge is 0.494 e. The van der Waals surface area contributed by atoms with Gasteiger partial charge < -0.3 is 9.47 Å². The Morgan fingerprint density at radius 1 is 1.44 bits per heavy atom. The summed E-state index contributed by atoms with van der Waals surface area (Å²) in [5.41, 5.74) is -0.000000000000000222. The molecule has 0 saturated heterocycles. The van der Waals surface area contributed by atoms with Gasteiger partial charge in [0.05, 0.1) is 18.8 Å². The Kier molecular flexibility index (Phi) is 4.43. The van der Waals surface area contributed by atoms with Crippen molar-refractivity contribution in [3.05, 3.63) is 29.6 Å². The van der Waals surface area contributed by atoms with Crippen molar-refractivity contribution in [1.82, 2.24) is 0 Å². The number of carbonyl (C=O) groups excluding carboxylic acids is 1. The van der Waals surface area contributed by atoms with Crippen molar-refractivity contribution in [2.45, 2.75) is 20.0 Å². The molecule has 0 aliphatic heterocycles. The van der Waals surface area contributed by atoms with E-state index in [1.165, 1.54) is 19.2 Å². The summed E-state index contributed by atoms with van der Waals surface area (Å²) in [6.45, 7) is 3.51. The molecule has 0 fully saturated rings. The summed E-state index contributed by atoms with van der Waals surface area (Å²) < 4.78 is 23.6. The number of Topliss-reactive ketones (excluding diaryl/α,β-unsaturated/α-hetero) is 1. The minimum absolute atomic E-state index is 0.000000000000000222. The third kappa shape index (κ3) is 3.03. The standard InChI is InChI=1S/C12H15FO3/c1-8(2)16-7-10(14)9-5-4-6-11(15-3)12(9)13/h4-6,8H,7H2,1-3H3. The van der Waals surface area contributed by atoms with E-state index in [9.17, 15) is 9.18 Å². The molecule has 16 heavy (non-hydrogen) atoms. The molecule has 0 bridgehead atoms. The molecule has 0 saturated carbocycles. The molecule has 3 nitrogen and oxygen atoms in total. The van der Waals surface area contributed by atoms with Crippen LogP contribution in [0.2, 0.25) is 0 Å². The summed E-state index contributed by atoms with van der Waals surface area (Å²) >= 11 is 0. The molecule has 0 aromatic heterocycles. The predicted molar refractivity (Wildman–Crippen MR) is 58.4 cm³/mol. The fraction of sp³-hybridized carbons (Fsp3) is 0.417. The zero-order valence-electron chi connectivity index (χ0n) is 9.62. The lowest BCUT2D eigenvalue weighted by Crippen LogP contribution is -2.15. The number of rotatable bonds is 5. The maximum atomic E-state index is 13.6. The highest BCUT2D eigenvalue weighted by Gasteiger charge is 2.15. The second-order valence-corrected chi connectivity index (χ2v) is 3.60. The number of methoxy groups -OCH3 is 1. The van der Waals surface area contributed by atoms with Crippen LogP contribution in [-0.2, 0) is 4.74 Å². The monoisotopic (exact) mass is 226 g/mol. The summed E-state index contributed by atoms with van der Waals surface area (Å²) in [5, 5.41) is 0. The fourth-order valence-corrected chi connectivity index (χ4v) is 1.20. The molecule has 0 spiro atoms. The van der Waals surface area contributed by atoms with Gasteiger partial charge in [-0.15, -0.1) is 0 Å². The Labute approximate surface area is 94.2 Å². The molecule has 0 radical (unpaired) electrons. The van der Waals surface area contributed by atoms with Gasteiger partial charge in [-0.2, -0.15) is 0 Å². The highest BCUT2D eigenvalue weighted by molar-refractivity contribution is 5.97. The number of ether oxygens (including phenoxy) is 2. The van der Waals surface area contributed by atoms with Crippen LogP contribution in [0.25, 0.3) is 0 Å². The van der Waals surface area contributed by atoms with Crippen LogP contribution in [-0.4, -0.2) is 25.6 Å². The smallest absolute Gasteiger partial charge is 0.191 e. The molecule has 1 aromatic rings. The van der Waals surface area contributed by atoms with E-state index in [1.807, 2.05) is 13.8 Å². The SMILES string of the molecule is COc1cccc(C(=O)COC(C)C)c1F. The van der Waals surface area contributed by atoms with Crippen LogP contribution >= 0.6 is 0 Å². The first-order chi connectivity index (χ1) is 7.56. The van der Waals surface area contributed by atoms with Crippen LogP contribution in [0, 0.1) is 5.82 Å². The first kappa shape index (κ1) is 12.6. The molecule has 0 aliphatic carbocycles. The average Bonchev–Trinajstić information content (AvgIpc) is 2.26. The molecular weight excluding hydrogens is 211 g/mol. The van der Waals surface area contributed by atoms with E-state index in [2.05, 4.69) is 0 Å². The molecule has 0 amide bonds. The van der Waals surface area contributed by atoms with Gasteiger partial charge >= 0.3 is 0 Å². The van der Waals surface area contributed by atoms with E-state index in [0.29, 0.717) is 0 Å². The Hall–Kier alpha value is -1.42. The number of hydrogen-bond donors (Lipinski definition) is 0. The number of ketones is 1. The van der Waals surface area contributed by atoms with Crippen molar-refractivity contribution in [2.24, 2.45) is 0 Å². The van der Waals surface area contributed by atoms with E-state index in [4.69, 9.17) is 9.47 Å². The van der Waals surface area contributed by atoms with Crippen molar-refractivity contribution in [2.75, 3.05) is 13.7 Å². The van der Waals surface area contributed by atoms with Gasteiger partial charge in [-0.25, -0.2) is 4.39 Å². The zero-order chi connectivity index (χ0) is 12.1. The van der Waals surface area contributed by atoms with Crippen molar-refractivity contribution in [3.8, 4) is 5.75 Å². The molecule has 0 atom stereocenters. The first-order valence-corrected chi connectivity index (χ1v) is 5.03. The second-order valence-electron chi connectivity index (χ2n) is 3.60. The summed E-state index contributed by atoms with van der Waals surface area (Å²) in [7, 11) is 1.36. The molecule has 4 heteroatoms. The second kappa shape index (κ2) is 5.61. The molecule has 1 aromatic carbocycles. The van der Waals surface area contributed by atoms with E-state index >= 15 is 0 Å². The predicted octanol–water partition coefficient (Wildman–Crippen LogP) is 2.44. The molecule has 0 aliphatic rings. The Balaban J connectivity index is 2.83. The van der Waals surface area contributed by atoms with Crippen molar-refractivity contribution >= 4 is 5.78 Å². The van der Waals surface area contributed by atoms with Crippen molar-refractivity contribution < 1.29 is 18.7 Å². The van der Waals surface area contributed by atoms with Crippen molar-refractivity contribution in [3.63, 3.8) is 0 Å².